The molecule has 1 N–H and O–H groups in total. The molecular formula is C19H24N4O2. The zero-order valence-electron chi connectivity index (χ0n) is 14.4. The first-order valence-electron chi connectivity index (χ1n) is 9.19. The predicted molar refractivity (Wildman–Crippen MR) is 97.8 cm³/mol. The molecule has 1 atom stereocenters. The number of carbonyl (C=O) groups is 1. The van der Waals surface area contributed by atoms with Crippen LogP contribution in [0.25, 0.3) is 11.0 Å². The third-order valence-corrected chi connectivity index (χ3v) is 5.02. The van der Waals surface area contributed by atoms with Crippen LogP contribution in [0.5, 0.6) is 0 Å². The smallest absolute Gasteiger partial charge is 0.225 e. The van der Waals surface area contributed by atoms with Crippen LogP contribution in [0.2, 0.25) is 0 Å². The van der Waals surface area contributed by atoms with Gasteiger partial charge in [0.1, 0.15) is 0 Å². The molecule has 1 aromatic carbocycles. The number of hydrogen-bond donors (Lipinski definition) is 1. The van der Waals surface area contributed by atoms with Crippen LogP contribution in [0, 0.1) is 5.92 Å². The Labute approximate surface area is 147 Å². The summed E-state index contributed by atoms with van der Waals surface area (Å²) in [6.45, 7) is 3.54. The van der Waals surface area contributed by atoms with Gasteiger partial charge in [-0.3, -0.25) is 4.79 Å². The van der Waals surface area contributed by atoms with Crippen molar-refractivity contribution in [2.45, 2.75) is 32.1 Å². The molecule has 1 amide bonds. The highest BCUT2D eigenvalue weighted by Crippen LogP contribution is 2.28. The third-order valence-electron chi connectivity index (χ3n) is 5.02. The van der Waals surface area contributed by atoms with Crippen LogP contribution >= 0.6 is 0 Å². The normalized spacial score (nSPS) is 20.3. The molecule has 4 rings (SSSR count). The summed E-state index contributed by atoms with van der Waals surface area (Å²) in [7, 11) is 0. The Morgan fingerprint density at radius 1 is 1.20 bits per heavy atom. The van der Waals surface area contributed by atoms with E-state index >= 15 is 0 Å². The molecule has 3 heterocycles. The minimum Gasteiger partial charge on any atom is -0.381 e. The lowest BCUT2D eigenvalue weighted by atomic mass is 10.0. The molecule has 132 valence electrons. The summed E-state index contributed by atoms with van der Waals surface area (Å²) >= 11 is 0. The fourth-order valence-electron chi connectivity index (χ4n) is 3.56. The summed E-state index contributed by atoms with van der Waals surface area (Å²) in [5.41, 5.74) is 1.68. The Balaban J connectivity index is 1.53. The average Bonchev–Trinajstić information content (AvgIpc) is 3.33. The van der Waals surface area contributed by atoms with Crippen LogP contribution in [0.1, 0.15) is 32.1 Å². The van der Waals surface area contributed by atoms with E-state index in [1.54, 1.807) is 0 Å². The van der Waals surface area contributed by atoms with E-state index < -0.39 is 0 Å². The lowest BCUT2D eigenvalue weighted by molar-refractivity contribution is -0.116. The fourth-order valence-corrected chi connectivity index (χ4v) is 3.56. The third kappa shape index (κ3) is 3.74. The first kappa shape index (κ1) is 16.3. The molecule has 2 aliphatic heterocycles. The SMILES string of the molecule is O=C(CCC1CCOC1)Nc1nc2ccccc2nc1N1CCCC1. The molecule has 2 aliphatic rings. The number of rotatable bonds is 5. The first-order chi connectivity index (χ1) is 12.3. The van der Waals surface area contributed by atoms with E-state index in [-0.39, 0.29) is 5.91 Å². The number of anilines is 2. The van der Waals surface area contributed by atoms with E-state index in [0.29, 0.717) is 18.2 Å². The van der Waals surface area contributed by atoms with Crippen molar-refractivity contribution >= 4 is 28.6 Å². The topological polar surface area (TPSA) is 67.3 Å². The van der Waals surface area contributed by atoms with Gasteiger partial charge in [-0.1, -0.05) is 12.1 Å². The number of nitrogens with one attached hydrogen (secondary N) is 1. The molecular weight excluding hydrogens is 316 g/mol. The largest absolute Gasteiger partial charge is 0.381 e. The van der Waals surface area contributed by atoms with Gasteiger partial charge in [0.05, 0.1) is 11.0 Å². The molecule has 0 bridgehead atoms. The predicted octanol–water partition coefficient (Wildman–Crippen LogP) is 2.99. The highest BCUT2D eigenvalue weighted by Gasteiger charge is 2.22. The van der Waals surface area contributed by atoms with Crippen molar-refractivity contribution in [2.24, 2.45) is 5.92 Å². The standard InChI is InChI=1S/C19H24N4O2/c24-17(8-7-14-9-12-25-13-14)22-18-19(23-10-3-4-11-23)21-16-6-2-1-5-15(16)20-18/h1-2,5-6,14H,3-4,7-13H2,(H,20,22,24). The number of benzene rings is 1. The van der Waals surface area contributed by atoms with Crippen molar-refractivity contribution in [2.75, 3.05) is 36.5 Å². The molecule has 0 saturated carbocycles. The Kier molecular flexibility index (Phi) is 4.78. The van der Waals surface area contributed by atoms with Crippen LogP contribution in [-0.4, -0.2) is 42.2 Å². The quantitative estimate of drug-likeness (QED) is 0.906. The fraction of sp³-hybridized carbons (Fsp3) is 0.526. The maximum absolute atomic E-state index is 12.4. The summed E-state index contributed by atoms with van der Waals surface area (Å²) in [5, 5.41) is 3.01. The van der Waals surface area contributed by atoms with E-state index in [9.17, 15) is 4.79 Å². The van der Waals surface area contributed by atoms with E-state index in [2.05, 4.69) is 15.2 Å². The Morgan fingerprint density at radius 2 is 1.96 bits per heavy atom. The van der Waals surface area contributed by atoms with Crippen LogP contribution in [-0.2, 0) is 9.53 Å². The van der Waals surface area contributed by atoms with Gasteiger partial charge in [-0.2, -0.15) is 0 Å². The van der Waals surface area contributed by atoms with Gasteiger partial charge >= 0.3 is 0 Å². The Morgan fingerprint density at radius 3 is 2.68 bits per heavy atom. The summed E-state index contributed by atoms with van der Waals surface area (Å²) in [4.78, 5) is 24.1. The second-order valence-corrected chi connectivity index (χ2v) is 6.90. The number of carbonyl (C=O) groups excluding carboxylic acids is 1. The monoisotopic (exact) mass is 340 g/mol. The lowest BCUT2D eigenvalue weighted by Crippen LogP contribution is -2.23. The van der Waals surface area contributed by atoms with Crippen LogP contribution < -0.4 is 10.2 Å². The molecule has 2 aromatic rings. The number of fused-ring (bicyclic) bond motifs is 1. The summed E-state index contributed by atoms with van der Waals surface area (Å²) in [6, 6.07) is 7.81. The van der Waals surface area contributed by atoms with E-state index in [4.69, 9.17) is 9.72 Å². The highest BCUT2D eigenvalue weighted by atomic mass is 16.5. The maximum atomic E-state index is 12.4. The zero-order chi connectivity index (χ0) is 17.1. The number of nitrogens with zero attached hydrogens (tertiary/aromatic N) is 3. The number of aromatic nitrogens is 2. The first-order valence-corrected chi connectivity index (χ1v) is 9.19. The number of hydrogen-bond acceptors (Lipinski definition) is 5. The summed E-state index contributed by atoms with van der Waals surface area (Å²) < 4.78 is 5.38. The molecule has 6 nitrogen and oxygen atoms in total. The minimum atomic E-state index is 0.0110. The summed E-state index contributed by atoms with van der Waals surface area (Å²) in [5.74, 6) is 1.91. The number of ether oxygens (including phenoxy) is 1. The molecule has 0 aliphatic carbocycles. The second-order valence-electron chi connectivity index (χ2n) is 6.90. The molecule has 0 radical (unpaired) electrons. The minimum absolute atomic E-state index is 0.0110. The molecule has 6 heteroatoms. The second kappa shape index (κ2) is 7.35. The summed E-state index contributed by atoms with van der Waals surface area (Å²) in [6.07, 6.45) is 4.74. The van der Waals surface area contributed by atoms with E-state index in [1.807, 2.05) is 24.3 Å². The van der Waals surface area contributed by atoms with Gasteiger partial charge in [0.2, 0.25) is 5.91 Å². The molecule has 2 saturated heterocycles. The molecule has 1 unspecified atom stereocenters. The van der Waals surface area contributed by atoms with Crippen LogP contribution in [0.4, 0.5) is 11.6 Å². The van der Waals surface area contributed by atoms with Gasteiger partial charge in [-0.05, 0) is 43.7 Å². The molecule has 25 heavy (non-hydrogen) atoms. The van der Waals surface area contributed by atoms with E-state index in [0.717, 1.165) is 68.8 Å². The van der Waals surface area contributed by atoms with Gasteiger partial charge < -0.3 is 15.0 Å². The van der Waals surface area contributed by atoms with Crippen molar-refractivity contribution < 1.29 is 9.53 Å². The number of amides is 1. The van der Waals surface area contributed by atoms with Gasteiger partial charge in [-0.25, -0.2) is 9.97 Å². The zero-order valence-corrected chi connectivity index (χ0v) is 14.4. The van der Waals surface area contributed by atoms with Crippen LogP contribution in [0.3, 0.4) is 0 Å². The highest BCUT2D eigenvalue weighted by molar-refractivity contribution is 5.94. The molecule has 2 fully saturated rings. The van der Waals surface area contributed by atoms with Crippen molar-refractivity contribution in [1.29, 1.82) is 0 Å². The van der Waals surface area contributed by atoms with Gasteiger partial charge in [0, 0.05) is 32.7 Å². The Bertz CT molecular complexity index is 752. The van der Waals surface area contributed by atoms with Gasteiger partial charge in [-0.15, -0.1) is 0 Å². The van der Waals surface area contributed by atoms with Crippen molar-refractivity contribution in [1.82, 2.24) is 9.97 Å². The van der Waals surface area contributed by atoms with Crippen molar-refractivity contribution in [3.8, 4) is 0 Å². The lowest BCUT2D eigenvalue weighted by Gasteiger charge is -2.20. The van der Waals surface area contributed by atoms with Crippen molar-refractivity contribution in [3.05, 3.63) is 24.3 Å². The Hall–Kier alpha value is -2.21. The van der Waals surface area contributed by atoms with Crippen LogP contribution in [0.15, 0.2) is 24.3 Å². The number of para-hydroxylation sites is 2. The van der Waals surface area contributed by atoms with Gasteiger partial charge in [0.15, 0.2) is 11.6 Å². The molecule has 0 spiro atoms. The van der Waals surface area contributed by atoms with Gasteiger partial charge in [0.25, 0.3) is 0 Å². The van der Waals surface area contributed by atoms with Crippen molar-refractivity contribution in [3.63, 3.8) is 0 Å². The molecule has 1 aromatic heterocycles. The maximum Gasteiger partial charge on any atom is 0.225 e. The average molecular weight is 340 g/mol. The van der Waals surface area contributed by atoms with E-state index in [1.165, 1.54) is 0 Å².